The number of nitrogens with zero attached hydrogens (tertiary/aromatic N) is 3. The van der Waals surface area contributed by atoms with Gasteiger partial charge >= 0.3 is 6.03 Å². The molecule has 0 saturated heterocycles. The molecule has 0 aliphatic heterocycles. The maximum atomic E-state index is 13.1. The predicted molar refractivity (Wildman–Crippen MR) is 98.3 cm³/mol. The largest absolute Gasteiger partial charge is 0.367 e. The summed E-state index contributed by atoms with van der Waals surface area (Å²) in [7, 11) is 0. The van der Waals surface area contributed by atoms with E-state index in [4.69, 9.17) is 11.6 Å². The molecule has 3 rings (SSSR count). The van der Waals surface area contributed by atoms with Crippen LogP contribution in [0.4, 0.5) is 20.7 Å². The zero-order chi connectivity index (χ0) is 18.4. The topological polar surface area (TPSA) is 83.9 Å². The fourth-order valence-electron chi connectivity index (χ4n) is 2.16. The number of urea groups is 1. The number of carbonyl (C=O) groups excluding carboxylic acids is 1. The zero-order valence-electron chi connectivity index (χ0n) is 13.6. The fourth-order valence-corrected chi connectivity index (χ4v) is 2.34. The van der Waals surface area contributed by atoms with Gasteiger partial charge in [-0.3, -0.25) is 0 Å². The van der Waals surface area contributed by atoms with Gasteiger partial charge in [-0.15, -0.1) is 10.2 Å². The highest BCUT2D eigenvalue weighted by Gasteiger charge is 2.05. The summed E-state index contributed by atoms with van der Waals surface area (Å²) < 4.78 is 14.9. The number of benzene rings is 1. The first-order valence-electron chi connectivity index (χ1n) is 7.83. The van der Waals surface area contributed by atoms with Crippen LogP contribution in [0, 0.1) is 5.82 Å². The number of carbonyl (C=O) groups is 1. The standard InChI is InChI=1S/C17H16ClFN6O/c18-13-11-12(3-4-14(13)19)22-17(26)21-8-7-20-15-5-6-16(24-23-15)25-9-1-2-10-25/h1-6,9-11H,7-8H2,(H,20,23)(H2,21,22,26). The third kappa shape index (κ3) is 4.70. The number of anilines is 2. The first kappa shape index (κ1) is 17.7. The molecule has 26 heavy (non-hydrogen) atoms. The van der Waals surface area contributed by atoms with Crippen LogP contribution in [0.1, 0.15) is 0 Å². The van der Waals surface area contributed by atoms with E-state index in [0.717, 1.165) is 5.82 Å². The molecule has 0 saturated carbocycles. The minimum atomic E-state index is -0.536. The van der Waals surface area contributed by atoms with E-state index in [1.165, 1.54) is 18.2 Å². The van der Waals surface area contributed by atoms with Crippen molar-refractivity contribution in [2.24, 2.45) is 0 Å². The summed E-state index contributed by atoms with van der Waals surface area (Å²) in [6.45, 7) is 0.830. The lowest BCUT2D eigenvalue weighted by molar-refractivity contribution is 0.252. The van der Waals surface area contributed by atoms with Gasteiger partial charge in [0.25, 0.3) is 0 Å². The lowest BCUT2D eigenvalue weighted by Crippen LogP contribution is -2.32. The van der Waals surface area contributed by atoms with E-state index < -0.39 is 11.8 Å². The van der Waals surface area contributed by atoms with Crippen molar-refractivity contribution in [3.63, 3.8) is 0 Å². The predicted octanol–water partition coefficient (Wildman–Crippen LogP) is 3.29. The Balaban J connectivity index is 1.40. The van der Waals surface area contributed by atoms with Crippen molar-refractivity contribution < 1.29 is 9.18 Å². The maximum absolute atomic E-state index is 13.1. The van der Waals surface area contributed by atoms with E-state index in [1.54, 1.807) is 0 Å². The Morgan fingerprint density at radius 2 is 1.92 bits per heavy atom. The summed E-state index contributed by atoms with van der Waals surface area (Å²) in [5, 5.41) is 16.4. The number of amides is 2. The molecule has 2 aromatic heterocycles. The van der Waals surface area contributed by atoms with Crippen molar-refractivity contribution in [3.8, 4) is 5.82 Å². The summed E-state index contributed by atoms with van der Waals surface area (Å²) in [5.41, 5.74) is 0.410. The van der Waals surface area contributed by atoms with Crippen LogP contribution in [0.3, 0.4) is 0 Å². The molecule has 0 spiro atoms. The van der Waals surface area contributed by atoms with Gasteiger partial charge in [0, 0.05) is 31.2 Å². The van der Waals surface area contributed by atoms with Gasteiger partial charge in [0.1, 0.15) is 11.6 Å². The van der Waals surface area contributed by atoms with Gasteiger partial charge < -0.3 is 20.5 Å². The maximum Gasteiger partial charge on any atom is 0.319 e. The average Bonchev–Trinajstić information content (AvgIpc) is 3.17. The van der Waals surface area contributed by atoms with E-state index in [2.05, 4.69) is 26.1 Å². The van der Waals surface area contributed by atoms with Crippen molar-refractivity contribution >= 4 is 29.1 Å². The molecular formula is C17H16ClFN6O. The molecule has 2 heterocycles. The molecule has 9 heteroatoms. The Labute approximate surface area is 154 Å². The normalized spacial score (nSPS) is 10.4. The summed E-state index contributed by atoms with van der Waals surface area (Å²) in [6, 6.07) is 11.0. The second kappa shape index (κ2) is 8.30. The summed E-state index contributed by atoms with van der Waals surface area (Å²) in [6.07, 6.45) is 3.77. The van der Waals surface area contributed by atoms with Gasteiger partial charge in [-0.25, -0.2) is 9.18 Å². The Kier molecular flexibility index (Phi) is 5.65. The Morgan fingerprint density at radius 3 is 2.62 bits per heavy atom. The number of hydrogen-bond donors (Lipinski definition) is 3. The zero-order valence-corrected chi connectivity index (χ0v) is 14.4. The molecule has 0 unspecified atom stereocenters. The molecule has 0 aliphatic carbocycles. The van der Waals surface area contributed by atoms with Crippen LogP contribution in [0.2, 0.25) is 5.02 Å². The van der Waals surface area contributed by atoms with Crippen molar-refractivity contribution in [2.45, 2.75) is 0 Å². The van der Waals surface area contributed by atoms with Crippen LogP contribution in [-0.2, 0) is 0 Å². The number of nitrogens with one attached hydrogen (secondary N) is 3. The smallest absolute Gasteiger partial charge is 0.319 e. The molecule has 0 bridgehead atoms. The van der Waals surface area contributed by atoms with Crippen molar-refractivity contribution in [3.05, 3.63) is 65.7 Å². The van der Waals surface area contributed by atoms with E-state index in [9.17, 15) is 9.18 Å². The van der Waals surface area contributed by atoms with Crippen LogP contribution in [0.15, 0.2) is 54.9 Å². The van der Waals surface area contributed by atoms with Crippen LogP contribution < -0.4 is 16.0 Å². The highest BCUT2D eigenvalue weighted by molar-refractivity contribution is 6.31. The van der Waals surface area contributed by atoms with E-state index in [0.29, 0.717) is 24.6 Å². The van der Waals surface area contributed by atoms with Gasteiger partial charge in [-0.05, 0) is 42.5 Å². The molecule has 1 aromatic carbocycles. The molecule has 7 nitrogen and oxygen atoms in total. The van der Waals surface area contributed by atoms with Gasteiger partial charge in [0.2, 0.25) is 0 Å². The molecule has 0 aliphatic rings. The molecule has 2 amide bonds. The van der Waals surface area contributed by atoms with Crippen LogP contribution in [0.25, 0.3) is 5.82 Å². The molecule has 3 N–H and O–H groups in total. The molecule has 134 valence electrons. The minimum absolute atomic E-state index is 0.0496. The summed E-state index contributed by atoms with van der Waals surface area (Å²) in [5.74, 6) is 0.787. The highest BCUT2D eigenvalue weighted by Crippen LogP contribution is 2.19. The molecular weight excluding hydrogens is 359 g/mol. The van der Waals surface area contributed by atoms with Gasteiger partial charge in [-0.1, -0.05) is 11.6 Å². The van der Waals surface area contributed by atoms with E-state index in [-0.39, 0.29) is 5.02 Å². The number of hydrogen-bond acceptors (Lipinski definition) is 4. The first-order chi connectivity index (χ1) is 12.6. The third-order valence-electron chi connectivity index (χ3n) is 3.41. The average molecular weight is 375 g/mol. The van der Waals surface area contributed by atoms with E-state index in [1.807, 2.05) is 41.2 Å². The van der Waals surface area contributed by atoms with E-state index >= 15 is 0 Å². The third-order valence-corrected chi connectivity index (χ3v) is 3.70. The van der Waals surface area contributed by atoms with Crippen LogP contribution in [0.5, 0.6) is 0 Å². The quantitative estimate of drug-likeness (QED) is 0.578. The van der Waals surface area contributed by atoms with Crippen molar-refractivity contribution in [1.29, 1.82) is 0 Å². The first-order valence-corrected chi connectivity index (χ1v) is 8.20. The Morgan fingerprint density at radius 1 is 1.12 bits per heavy atom. The monoisotopic (exact) mass is 374 g/mol. The molecule has 3 aromatic rings. The van der Waals surface area contributed by atoms with Crippen molar-refractivity contribution in [1.82, 2.24) is 20.1 Å². The van der Waals surface area contributed by atoms with Crippen molar-refractivity contribution in [2.75, 3.05) is 23.7 Å². The Hall–Kier alpha value is -3.13. The lowest BCUT2D eigenvalue weighted by Gasteiger charge is -2.09. The summed E-state index contributed by atoms with van der Waals surface area (Å²) >= 11 is 5.66. The number of halogens is 2. The SMILES string of the molecule is O=C(NCCNc1ccc(-n2cccc2)nn1)Nc1ccc(F)c(Cl)c1. The van der Waals surface area contributed by atoms with Crippen LogP contribution >= 0.6 is 11.6 Å². The highest BCUT2D eigenvalue weighted by atomic mass is 35.5. The lowest BCUT2D eigenvalue weighted by atomic mass is 10.3. The summed E-state index contributed by atoms with van der Waals surface area (Å²) in [4.78, 5) is 11.8. The fraction of sp³-hybridized carbons (Fsp3) is 0.118. The van der Waals surface area contributed by atoms with Gasteiger partial charge in [0.15, 0.2) is 5.82 Å². The van der Waals surface area contributed by atoms with Crippen LogP contribution in [-0.4, -0.2) is 33.9 Å². The number of aromatic nitrogens is 3. The molecule has 0 fully saturated rings. The molecule has 0 atom stereocenters. The van der Waals surface area contributed by atoms with Gasteiger partial charge in [0.05, 0.1) is 5.02 Å². The number of rotatable bonds is 6. The molecule has 0 radical (unpaired) electrons. The second-order valence-corrected chi connectivity index (χ2v) is 5.71. The minimum Gasteiger partial charge on any atom is -0.367 e. The second-order valence-electron chi connectivity index (χ2n) is 5.30. The Bertz CT molecular complexity index is 869. The van der Waals surface area contributed by atoms with Gasteiger partial charge in [-0.2, -0.15) is 0 Å².